The molecule has 0 saturated carbocycles. The quantitative estimate of drug-likeness (QED) is 0.757. The molecule has 144 valence electrons. The van der Waals surface area contributed by atoms with Gasteiger partial charge in [-0.05, 0) is 69.1 Å². The minimum atomic E-state index is 0.828. The Morgan fingerprint density at radius 3 is 2.26 bits per heavy atom. The van der Waals surface area contributed by atoms with Crippen LogP contribution in [-0.4, -0.2) is 49.1 Å². The van der Waals surface area contributed by atoms with E-state index in [1.807, 2.05) is 12.1 Å². The Labute approximate surface area is 163 Å². The normalized spacial score (nSPS) is 19.9. The molecule has 0 radical (unpaired) electrons. The van der Waals surface area contributed by atoms with Gasteiger partial charge in [0.05, 0.1) is 7.11 Å². The van der Waals surface area contributed by atoms with Gasteiger partial charge in [-0.15, -0.1) is 0 Å². The number of hydrogen-bond donors (Lipinski definition) is 0. The van der Waals surface area contributed by atoms with Gasteiger partial charge in [0, 0.05) is 18.2 Å². The van der Waals surface area contributed by atoms with Crippen LogP contribution < -0.4 is 4.74 Å². The zero-order valence-corrected chi connectivity index (χ0v) is 16.6. The van der Waals surface area contributed by atoms with E-state index in [9.17, 15) is 0 Å². The molecule has 0 amide bonds. The smallest absolute Gasteiger partial charge is 0.126 e. The summed E-state index contributed by atoms with van der Waals surface area (Å²) in [6.07, 6.45) is 6.90. The van der Waals surface area contributed by atoms with Gasteiger partial charge in [-0.2, -0.15) is 0 Å². The van der Waals surface area contributed by atoms with Gasteiger partial charge in [-0.25, -0.2) is 0 Å². The Morgan fingerprint density at radius 1 is 0.852 bits per heavy atom. The highest BCUT2D eigenvalue weighted by molar-refractivity contribution is 5.70. The molecule has 2 aromatic rings. The highest BCUT2D eigenvalue weighted by Crippen LogP contribution is 2.30. The third kappa shape index (κ3) is 4.53. The summed E-state index contributed by atoms with van der Waals surface area (Å²) in [5.41, 5.74) is 3.79. The molecule has 2 heterocycles. The second-order valence-electron chi connectivity index (χ2n) is 8.00. The second-order valence-corrected chi connectivity index (χ2v) is 8.00. The number of piperidine rings is 2. The van der Waals surface area contributed by atoms with Crippen molar-refractivity contribution in [1.82, 2.24) is 9.80 Å². The van der Waals surface area contributed by atoms with Crippen LogP contribution in [0.2, 0.25) is 0 Å². The molecule has 0 unspecified atom stereocenters. The zero-order chi connectivity index (χ0) is 18.5. The molecule has 2 saturated heterocycles. The Kier molecular flexibility index (Phi) is 6.10. The number of methoxy groups -OCH3 is 1. The number of nitrogens with zero attached hydrogens (tertiary/aromatic N) is 2. The van der Waals surface area contributed by atoms with Crippen molar-refractivity contribution in [3.8, 4) is 16.9 Å². The first-order chi connectivity index (χ1) is 13.3. The van der Waals surface area contributed by atoms with Crippen LogP contribution >= 0.6 is 0 Å². The SMILES string of the molecule is COc1ccccc1-c1ccc(CN2CCC(N3CCCCC3)CC2)cc1. The molecule has 3 heteroatoms. The minimum absolute atomic E-state index is 0.828. The van der Waals surface area contributed by atoms with Gasteiger partial charge < -0.3 is 9.64 Å². The van der Waals surface area contributed by atoms with Gasteiger partial charge in [0.2, 0.25) is 0 Å². The standard InChI is InChI=1S/C24H32N2O/c1-27-24-8-4-3-7-23(24)21-11-9-20(10-12-21)19-25-17-13-22(14-18-25)26-15-5-2-6-16-26/h3-4,7-12,22H,2,5-6,13-19H2,1H3. The largest absolute Gasteiger partial charge is 0.496 e. The molecular weight excluding hydrogens is 332 g/mol. The highest BCUT2D eigenvalue weighted by atomic mass is 16.5. The van der Waals surface area contributed by atoms with Crippen LogP contribution in [0.25, 0.3) is 11.1 Å². The fourth-order valence-corrected chi connectivity index (χ4v) is 4.66. The van der Waals surface area contributed by atoms with Crippen molar-refractivity contribution in [3.05, 3.63) is 54.1 Å². The molecule has 2 aromatic carbocycles. The predicted octanol–water partition coefficient (Wildman–Crippen LogP) is 4.81. The maximum Gasteiger partial charge on any atom is 0.126 e. The van der Waals surface area contributed by atoms with Crippen LogP contribution in [0, 0.1) is 0 Å². The van der Waals surface area contributed by atoms with Crippen molar-refractivity contribution < 1.29 is 4.74 Å². The number of benzene rings is 2. The first-order valence-corrected chi connectivity index (χ1v) is 10.5. The van der Waals surface area contributed by atoms with Crippen molar-refractivity contribution in [1.29, 1.82) is 0 Å². The number of likely N-dealkylation sites (tertiary alicyclic amines) is 2. The zero-order valence-electron chi connectivity index (χ0n) is 16.6. The summed E-state index contributed by atoms with van der Waals surface area (Å²) >= 11 is 0. The van der Waals surface area contributed by atoms with Crippen LogP contribution in [0.5, 0.6) is 5.75 Å². The van der Waals surface area contributed by atoms with E-state index in [4.69, 9.17) is 4.74 Å². The lowest BCUT2D eigenvalue weighted by Crippen LogP contribution is -2.46. The molecule has 0 aliphatic carbocycles. The average Bonchev–Trinajstić information content (AvgIpc) is 2.75. The third-order valence-corrected chi connectivity index (χ3v) is 6.24. The lowest BCUT2D eigenvalue weighted by Gasteiger charge is -2.40. The first kappa shape index (κ1) is 18.5. The Balaban J connectivity index is 1.33. The van der Waals surface area contributed by atoms with E-state index in [1.165, 1.54) is 69.4 Å². The van der Waals surface area contributed by atoms with Gasteiger partial charge >= 0.3 is 0 Å². The van der Waals surface area contributed by atoms with Crippen molar-refractivity contribution in [2.24, 2.45) is 0 Å². The highest BCUT2D eigenvalue weighted by Gasteiger charge is 2.25. The van der Waals surface area contributed by atoms with Crippen LogP contribution in [0.4, 0.5) is 0 Å². The van der Waals surface area contributed by atoms with Crippen molar-refractivity contribution >= 4 is 0 Å². The fraction of sp³-hybridized carbons (Fsp3) is 0.500. The van der Waals surface area contributed by atoms with Crippen molar-refractivity contribution in [3.63, 3.8) is 0 Å². The van der Waals surface area contributed by atoms with Crippen LogP contribution in [0.15, 0.2) is 48.5 Å². The lowest BCUT2D eigenvalue weighted by atomic mass is 9.99. The van der Waals surface area contributed by atoms with Crippen molar-refractivity contribution in [2.75, 3.05) is 33.3 Å². The Hall–Kier alpha value is -1.84. The van der Waals surface area contributed by atoms with Crippen LogP contribution in [-0.2, 0) is 6.54 Å². The molecule has 0 bridgehead atoms. The number of hydrogen-bond acceptors (Lipinski definition) is 3. The van der Waals surface area contributed by atoms with E-state index >= 15 is 0 Å². The van der Waals surface area contributed by atoms with Crippen molar-refractivity contribution in [2.45, 2.75) is 44.7 Å². The molecule has 4 rings (SSSR count). The van der Waals surface area contributed by atoms with Gasteiger partial charge in [-0.3, -0.25) is 4.90 Å². The lowest BCUT2D eigenvalue weighted by molar-refractivity contribution is 0.0896. The second kappa shape index (κ2) is 8.90. The van der Waals surface area contributed by atoms with E-state index < -0.39 is 0 Å². The summed E-state index contributed by atoms with van der Waals surface area (Å²) in [4.78, 5) is 5.38. The molecular formula is C24H32N2O. The van der Waals surface area contributed by atoms with E-state index in [1.54, 1.807) is 7.11 Å². The Bertz CT molecular complexity index is 713. The summed E-state index contributed by atoms with van der Waals surface area (Å²) in [6.45, 7) is 6.19. The average molecular weight is 365 g/mol. The number of ether oxygens (including phenoxy) is 1. The molecule has 0 spiro atoms. The molecule has 2 aliphatic rings. The van der Waals surface area contributed by atoms with E-state index in [2.05, 4.69) is 46.2 Å². The molecule has 27 heavy (non-hydrogen) atoms. The summed E-state index contributed by atoms with van der Waals surface area (Å²) < 4.78 is 5.50. The van der Waals surface area contributed by atoms with Gasteiger partial charge in [-0.1, -0.05) is 48.9 Å². The van der Waals surface area contributed by atoms with E-state index in [-0.39, 0.29) is 0 Å². The molecule has 2 aliphatic heterocycles. The van der Waals surface area contributed by atoms with Crippen LogP contribution in [0.1, 0.15) is 37.7 Å². The molecule has 0 N–H and O–H groups in total. The van der Waals surface area contributed by atoms with Gasteiger partial charge in [0.25, 0.3) is 0 Å². The van der Waals surface area contributed by atoms with E-state index in [0.29, 0.717) is 0 Å². The molecule has 0 aromatic heterocycles. The number of rotatable bonds is 5. The number of para-hydroxylation sites is 1. The summed E-state index contributed by atoms with van der Waals surface area (Å²) in [7, 11) is 1.74. The molecule has 2 fully saturated rings. The van der Waals surface area contributed by atoms with E-state index in [0.717, 1.165) is 23.9 Å². The van der Waals surface area contributed by atoms with Crippen LogP contribution in [0.3, 0.4) is 0 Å². The first-order valence-electron chi connectivity index (χ1n) is 10.5. The summed E-state index contributed by atoms with van der Waals surface area (Å²) in [5.74, 6) is 0.935. The monoisotopic (exact) mass is 364 g/mol. The predicted molar refractivity (Wildman–Crippen MR) is 112 cm³/mol. The van der Waals surface area contributed by atoms with Gasteiger partial charge in [0.15, 0.2) is 0 Å². The fourth-order valence-electron chi connectivity index (χ4n) is 4.66. The third-order valence-electron chi connectivity index (χ3n) is 6.24. The topological polar surface area (TPSA) is 15.7 Å². The Morgan fingerprint density at radius 2 is 1.56 bits per heavy atom. The van der Waals surface area contributed by atoms with Gasteiger partial charge in [0.1, 0.15) is 5.75 Å². The maximum absolute atomic E-state index is 5.50. The maximum atomic E-state index is 5.50. The summed E-state index contributed by atoms with van der Waals surface area (Å²) in [6, 6.07) is 18.1. The molecule has 3 nitrogen and oxygen atoms in total. The molecule has 0 atom stereocenters. The summed E-state index contributed by atoms with van der Waals surface area (Å²) in [5, 5.41) is 0. The minimum Gasteiger partial charge on any atom is -0.496 e.